The third-order valence-corrected chi connectivity index (χ3v) is 7.82. The molecule has 1 aromatic heterocycles. The van der Waals surface area contributed by atoms with E-state index in [-0.39, 0.29) is 17.5 Å². The van der Waals surface area contributed by atoms with Gasteiger partial charge in [0, 0.05) is 37.2 Å². The van der Waals surface area contributed by atoms with Crippen LogP contribution in [0, 0.1) is 11.6 Å². The van der Waals surface area contributed by atoms with Crippen LogP contribution in [0.4, 0.5) is 20.2 Å². The highest BCUT2D eigenvalue weighted by Crippen LogP contribution is 2.39. The summed E-state index contributed by atoms with van der Waals surface area (Å²) in [6, 6.07) is 9.75. The van der Waals surface area contributed by atoms with Crippen LogP contribution in [0.1, 0.15) is 38.1 Å². The molecule has 1 fully saturated rings. The third kappa shape index (κ3) is 5.43. The van der Waals surface area contributed by atoms with Crippen LogP contribution in [0.15, 0.2) is 36.5 Å². The second kappa shape index (κ2) is 11.0. The van der Waals surface area contributed by atoms with Gasteiger partial charge in [0.1, 0.15) is 18.1 Å². The van der Waals surface area contributed by atoms with Gasteiger partial charge in [-0.2, -0.15) is 0 Å². The molecule has 38 heavy (non-hydrogen) atoms. The first-order valence-electron chi connectivity index (χ1n) is 13.2. The minimum Gasteiger partial charge on any atom is -0.486 e. The van der Waals surface area contributed by atoms with Crippen molar-refractivity contribution in [3.8, 4) is 17.0 Å². The minimum atomic E-state index is -0.601. The smallest absolute Gasteiger partial charge is 0.178 e. The molecule has 202 valence electrons. The van der Waals surface area contributed by atoms with Crippen molar-refractivity contribution < 1.29 is 13.5 Å². The molecule has 2 aromatic carbocycles. The van der Waals surface area contributed by atoms with E-state index >= 15 is 0 Å². The van der Waals surface area contributed by atoms with E-state index in [0.29, 0.717) is 47.7 Å². The lowest BCUT2D eigenvalue weighted by atomic mass is 10.0. The summed E-state index contributed by atoms with van der Waals surface area (Å²) < 4.78 is 35.5. The van der Waals surface area contributed by atoms with E-state index in [1.807, 2.05) is 32.0 Å². The van der Waals surface area contributed by atoms with E-state index in [1.54, 1.807) is 6.07 Å². The summed E-state index contributed by atoms with van der Waals surface area (Å²) in [5.74, 6) is -0.494. The Morgan fingerprint density at radius 1 is 1.05 bits per heavy atom. The van der Waals surface area contributed by atoms with Crippen LogP contribution in [-0.2, 0) is 6.42 Å². The summed E-state index contributed by atoms with van der Waals surface area (Å²) in [6.45, 7) is 7.03. The molecule has 6 nitrogen and oxygen atoms in total. The summed E-state index contributed by atoms with van der Waals surface area (Å²) in [6.07, 6.45) is 3.73. The normalized spacial score (nSPS) is 16.2. The Morgan fingerprint density at radius 2 is 1.82 bits per heavy atom. The van der Waals surface area contributed by atoms with Crippen molar-refractivity contribution in [2.45, 2.75) is 45.2 Å². The van der Waals surface area contributed by atoms with Crippen LogP contribution >= 0.6 is 11.6 Å². The van der Waals surface area contributed by atoms with E-state index in [0.717, 1.165) is 43.4 Å². The zero-order valence-electron chi connectivity index (χ0n) is 22.3. The zero-order valence-corrected chi connectivity index (χ0v) is 23.1. The number of hydrogen-bond donors (Lipinski definition) is 0. The van der Waals surface area contributed by atoms with Crippen molar-refractivity contribution in [3.05, 3.63) is 64.6 Å². The van der Waals surface area contributed by atoms with Crippen LogP contribution in [0.3, 0.4) is 0 Å². The quantitative estimate of drug-likeness (QED) is 0.393. The van der Waals surface area contributed by atoms with Gasteiger partial charge in [-0.25, -0.2) is 18.7 Å². The van der Waals surface area contributed by atoms with Gasteiger partial charge in [0.25, 0.3) is 0 Å². The van der Waals surface area contributed by atoms with Crippen molar-refractivity contribution in [2.75, 3.05) is 50.1 Å². The fourth-order valence-corrected chi connectivity index (χ4v) is 5.71. The summed E-state index contributed by atoms with van der Waals surface area (Å²) in [5.41, 5.74) is 2.98. The van der Waals surface area contributed by atoms with Crippen LogP contribution in [0.5, 0.6) is 5.75 Å². The summed E-state index contributed by atoms with van der Waals surface area (Å²) in [4.78, 5) is 15.4. The molecule has 5 rings (SSSR count). The second-order valence-electron chi connectivity index (χ2n) is 10.6. The van der Waals surface area contributed by atoms with Gasteiger partial charge in [-0.15, -0.1) is 0 Å². The topological polar surface area (TPSA) is 44.7 Å². The highest BCUT2D eigenvalue weighted by molar-refractivity contribution is 6.33. The average molecular weight is 542 g/mol. The molecule has 0 bridgehead atoms. The van der Waals surface area contributed by atoms with E-state index in [4.69, 9.17) is 16.3 Å². The van der Waals surface area contributed by atoms with E-state index in [2.05, 4.69) is 38.8 Å². The highest BCUT2D eigenvalue weighted by Gasteiger charge is 2.26. The van der Waals surface area contributed by atoms with Gasteiger partial charge in [0.15, 0.2) is 17.4 Å². The standard InChI is InChI=1S/C29H34ClF2N5O/c1-18(2)37-11-12-38-29-23(31)15-20(16-26(29)37)28-24(32)17-33-27(34-28)14-19-5-6-25(22(30)13-19)36-9-7-21(8-10-36)35(3)4/h5-6,13,15-18,21H,7-12,14H2,1-4H3. The SMILES string of the molecule is CC(C)N1CCOc2c(F)cc(-c3nc(Cc4ccc(N5CCC(N(C)C)CC5)c(Cl)c4)ncc3F)cc21. The van der Waals surface area contributed by atoms with Gasteiger partial charge in [0.2, 0.25) is 0 Å². The maximum atomic E-state index is 15.0. The number of rotatable bonds is 6. The number of anilines is 2. The predicted octanol–water partition coefficient (Wildman–Crippen LogP) is 5.80. The van der Waals surface area contributed by atoms with Crippen molar-refractivity contribution in [3.63, 3.8) is 0 Å². The molecule has 0 radical (unpaired) electrons. The summed E-state index contributed by atoms with van der Waals surface area (Å²) in [7, 11) is 4.25. The van der Waals surface area contributed by atoms with Crippen molar-refractivity contribution in [1.29, 1.82) is 0 Å². The first kappa shape index (κ1) is 26.6. The average Bonchev–Trinajstić information content (AvgIpc) is 2.89. The Labute approximate surface area is 228 Å². The Morgan fingerprint density at radius 3 is 2.50 bits per heavy atom. The molecular formula is C29H34ClF2N5O. The van der Waals surface area contributed by atoms with Gasteiger partial charge >= 0.3 is 0 Å². The van der Waals surface area contributed by atoms with Gasteiger partial charge in [0.05, 0.1) is 29.1 Å². The molecule has 0 N–H and O–H groups in total. The van der Waals surface area contributed by atoms with Crippen molar-refractivity contribution >= 4 is 23.0 Å². The van der Waals surface area contributed by atoms with E-state index in [1.165, 1.54) is 6.07 Å². The minimum absolute atomic E-state index is 0.0671. The van der Waals surface area contributed by atoms with Gasteiger partial charge in [-0.1, -0.05) is 17.7 Å². The maximum Gasteiger partial charge on any atom is 0.178 e. The number of benzene rings is 2. The predicted molar refractivity (Wildman–Crippen MR) is 149 cm³/mol. The number of halogens is 3. The lowest BCUT2D eigenvalue weighted by Crippen LogP contribution is -2.42. The van der Waals surface area contributed by atoms with Crippen LogP contribution < -0.4 is 14.5 Å². The Hall–Kier alpha value is -2.97. The molecule has 0 unspecified atom stereocenters. The first-order chi connectivity index (χ1) is 18.2. The molecule has 0 aliphatic carbocycles. The molecule has 2 aliphatic heterocycles. The summed E-state index contributed by atoms with van der Waals surface area (Å²) in [5, 5.41) is 0.679. The lowest BCUT2D eigenvalue weighted by molar-refractivity contribution is 0.249. The Kier molecular flexibility index (Phi) is 7.73. The molecular weight excluding hydrogens is 508 g/mol. The van der Waals surface area contributed by atoms with Gasteiger partial charge in [-0.3, -0.25) is 0 Å². The number of piperidine rings is 1. The largest absolute Gasteiger partial charge is 0.486 e. The molecule has 1 saturated heterocycles. The van der Waals surface area contributed by atoms with E-state index in [9.17, 15) is 8.78 Å². The molecule has 0 atom stereocenters. The molecule has 3 aromatic rings. The summed E-state index contributed by atoms with van der Waals surface area (Å²) >= 11 is 6.69. The zero-order chi connectivity index (χ0) is 27.0. The molecule has 2 aliphatic rings. The third-order valence-electron chi connectivity index (χ3n) is 7.51. The van der Waals surface area contributed by atoms with Crippen LogP contribution in [-0.4, -0.2) is 67.3 Å². The van der Waals surface area contributed by atoms with Crippen molar-refractivity contribution in [2.24, 2.45) is 0 Å². The first-order valence-corrected chi connectivity index (χ1v) is 13.5. The number of aromatic nitrogens is 2. The Bertz CT molecular complexity index is 1310. The van der Waals surface area contributed by atoms with Crippen molar-refractivity contribution in [1.82, 2.24) is 14.9 Å². The number of ether oxygens (including phenoxy) is 1. The molecule has 9 heteroatoms. The van der Waals surface area contributed by atoms with Gasteiger partial charge < -0.3 is 19.4 Å². The molecule has 3 heterocycles. The van der Waals surface area contributed by atoms with Crippen LogP contribution in [0.2, 0.25) is 5.02 Å². The fourth-order valence-electron chi connectivity index (χ4n) is 5.39. The van der Waals surface area contributed by atoms with Gasteiger partial charge in [-0.05, 0) is 70.6 Å². The second-order valence-corrected chi connectivity index (χ2v) is 11.0. The number of hydrogen-bond acceptors (Lipinski definition) is 6. The maximum absolute atomic E-state index is 15.0. The molecule has 0 saturated carbocycles. The fraction of sp³-hybridized carbons (Fsp3) is 0.448. The van der Waals surface area contributed by atoms with E-state index < -0.39 is 11.6 Å². The molecule has 0 amide bonds. The number of fused-ring (bicyclic) bond motifs is 1. The lowest BCUT2D eigenvalue weighted by Gasteiger charge is -2.36. The molecule has 0 spiro atoms. The highest BCUT2D eigenvalue weighted by atomic mass is 35.5. The Balaban J connectivity index is 1.38. The van der Waals surface area contributed by atoms with Crippen LogP contribution in [0.25, 0.3) is 11.3 Å². The number of nitrogens with zero attached hydrogens (tertiary/aromatic N) is 5. The monoisotopic (exact) mass is 541 g/mol.